The number of nitrogen functional groups attached to an aromatic ring is 1. The van der Waals surface area contributed by atoms with Crippen molar-refractivity contribution in [3.8, 4) is 17.0 Å². The Hall–Kier alpha value is -3.36. The average molecular weight is 498 g/mol. The molecule has 1 saturated heterocycles. The van der Waals surface area contributed by atoms with Crippen molar-refractivity contribution in [3.05, 3.63) is 64.7 Å². The largest absolute Gasteiger partial charge is 0.507 e. The van der Waals surface area contributed by atoms with E-state index in [-0.39, 0.29) is 17.5 Å². The summed E-state index contributed by atoms with van der Waals surface area (Å²) in [6.07, 6.45) is 2.53. The fourth-order valence-electron chi connectivity index (χ4n) is 4.19. The zero-order valence-electron chi connectivity index (χ0n) is 19.3. The second kappa shape index (κ2) is 11.4. The molecular weight excluding hydrogens is 469 g/mol. The maximum Gasteiger partial charge on any atom is 0.220 e. The number of pyridine rings is 1. The van der Waals surface area contributed by atoms with E-state index in [9.17, 15) is 14.3 Å². The maximum absolute atomic E-state index is 13.4. The number of amides is 1. The SMILES string of the molecule is Nc1nc(-c2cc(Nc3ccc(Cl)cc3CF)ccc2O)ccc1CNC(=O)CC1CCNCC1. The van der Waals surface area contributed by atoms with Crippen molar-refractivity contribution >= 4 is 34.7 Å². The number of carbonyl (C=O) groups is 1. The highest BCUT2D eigenvalue weighted by atomic mass is 35.5. The van der Waals surface area contributed by atoms with Gasteiger partial charge in [0.2, 0.25) is 5.91 Å². The van der Waals surface area contributed by atoms with Gasteiger partial charge >= 0.3 is 0 Å². The molecule has 1 aliphatic rings. The third-order valence-corrected chi connectivity index (χ3v) is 6.42. The third kappa shape index (κ3) is 6.41. The first-order valence-electron chi connectivity index (χ1n) is 11.6. The van der Waals surface area contributed by atoms with Crippen LogP contribution in [0.5, 0.6) is 5.75 Å². The lowest BCUT2D eigenvalue weighted by atomic mass is 9.94. The summed E-state index contributed by atoms with van der Waals surface area (Å²) in [5, 5.41) is 20.3. The van der Waals surface area contributed by atoms with E-state index in [1.807, 2.05) is 0 Å². The van der Waals surface area contributed by atoms with Gasteiger partial charge in [-0.3, -0.25) is 4.79 Å². The zero-order valence-corrected chi connectivity index (χ0v) is 20.0. The number of phenolic OH excluding ortho intramolecular Hbond substituents is 1. The summed E-state index contributed by atoms with van der Waals surface area (Å²) in [5.74, 6) is 0.727. The number of carbonyl (C=O) groups excluding carboxylic acids is 1. The minimum atomic E-state index is -0.665. The average Bonchev–Trinajstić information content (AvgIpc) is 2.86. The maximum atomic E-state index is 13.4. The zero-order chi connectivity index (χ0) is 24.8. The fraction of sp³-hybridized carbons (Fsp3) is 0.308. The van der Waals surface area contributed by atoms with Crippen LogP contribution >= 0.6 is 11.6 Å². The molecule has 2 heterocycles. The molecular formula is C26H29ClFN5O2. The molecule has 0 atom stereocenters. The summed E-state index contributed by atoms with van der Waals surface area (Å²) in [5.41, 5.74) is 9.48. The van der Waals surface area contributed by atoms with Crippen molar-refractivity contribution in [2.45, 2.75) is 32.5 Å². The minimum absolute atomic E-state index is 0.00615. The number of nitrogens with two attached hydrogens (primary N) is 1. The number of nitrogens with zero attached hydrogens (tertiary/aromatic N) is 1. The number of anilines is 3. The molecule has 1 fully saturated rings. The van der Waals surface area contributed by atoms with Gasteiger partial charge in [-0.2, -0.15) is 0 Å². The van der Waals surface area contributed by atoms with Crippen molar-refractivity contribution in [1.82, 2.24) is 15.6 Å². The van der Waals surface area contributed by atoms with Crippen molar-refractivity contribution in [2.24, 2.45) is 5.92 Å². The highest BCUT2D eigenvalue weighted by molar-refractivity contribution is 6.30. The Labute approximate surface area is 208 Å². The summed E-state index contributed by atoms with van der Waals surface area (Å²) in [4.78, 5) is 16.8. The summed E-state index contributed by atoms with van der Waals surface area (Å²) >= 11 is 5.96. The van der Waals surface area contributed by atoms with Crippen LogP contribution in [0, 0.1) is 5.92 Å². The molecule has 0 saturated carbocycles. The Morgan fingerprint density at radius 3 is 2.69 bits per heavy atom. The van der Waals surface area contributed by atoms with Gasteiger partial charge in [0.05, 0.1) is 5.69 Å². The number of benzene rings is 2. The number of nitrogens with one attached hydrogen (secondary N) is 3. The molecule has 0 radical (unpaired) electrons. The van der Waals surface area contributed by atoms with Crippen LogP contribution in [-0.2, 0) is 18.0 Å². The summed E-state index contributed by atoms with van der Waals surface area (Å²) in [6, 6.07) is 13.4. The molecule has 6 N–H and O–H groups in total. The number of hydrogen-bond donors (Lipinski definition) is 5. The first-order chi connectivity index (χ1) is 16.9. The predicted octanol–water partition coefficient (Wildman–Crippen LogP) is 4.91. The first kappa shape index (κ1) is 24.8. The van der Waals surface area contributed by atoms with Crippen molar-refractivity contribution < 1.29 is 14.3 Å². The second-order valence-corrected chi connectivity index (χ2v) is 9.14. The van der Waals surface area contributed by atoms with Crippen LogP contribution in [0.2, 0.25) is 5.02 Å². The molecule has 1 aromatic heterocycles. The quantitative estimate of drug-likeness (QED) is 0.283. The number of piperidine rings is 1. The molecule has 0 unspecified atom stereocenters. The minimum Gasteiger partial charge on any atom is -0.507 e. The van der Waals surface area contributed by atoms with Crippen LogP contribution < -0.4 is 21.7 Å². The first-order valence-corrected chi connectivity index (χ1v) is 12.0. The normalized spacial score (nSPS) is 14.0. The van der Waals surface area contributed by atoms with Crippen LogP contribution in [0.25, 0.3) is 11.3 Å². The molecule has 0 aliphatic carbocycles. The van der Waals surface area contributed by atoms with E-state index in [1.165, 1.54) is 6.07 Å². The van der Waals surface area contributed by atoms with Gasteiger partial charge in [-0.1, -0.05) is 17.7 Å². The lowest BCUT2D eigenvalue weighted by molar-refractivity contribution is -0.122. The van der Waals surface area contributed by atoms with Crippen LogP contribution in [-0.4, -0.2) is 29.1 Å². The lowest BCUT2D eigenvalue weighted by Gasteiger charge is -2.22. The number of alkyl halides is 1. The number of rotatable bonds is 8. The third-order valence-electron chi connectivity index (χ3n) is 6.18. The number of hydrogen-bond acceptors (Lipinski definition) is 6. The van der Waals surface area contributed by atoms with Crippen molar-refractivity contribution in [3.63, 3.8) is 0 Å². The molecule has 7 nitrogen and oxygen atoms in total. The molecule has 2 aromatic carbocycles. The topological polar surface area (TPSA) is 112 Å². The van der Waals surface area contributed by atoms with Crippen molar-refractivity contribution in [1.29, 1.82) is 0 Å². The molecule has 1 amide bonds. The summed E-state index contributed by atoms with van der Waals surface area (Å²) in [6.45, 7) is 1.54. The monoisotopic (exact) mass is 497 g/mol. The van der Waals surface area contributed by atoms with Gasteiger partial charge < -0.3 is 26.8 Å². The van der Waals surface area contributed by atoms with E-state index in [2.05, 4.69) is 20.9 Å². The van der Waals surface area contributed by atoms with Gasteiger partial charge in [0.25, 0.3) is 0 Å². The molecule has 4 rings (SSSR count). The Balaban J connectivity index is 1.45. The summed E-state index contributed by atoms with van der Waals surface area (Å²) in [7, 11) is 0. The molecule has 0 spiro atoms. The van der Waals surface area contributed by atoms with E-state index in [1.54, 1.807) is 42.5 Å². The van der Waals surface area contributed by atoms with E-state index in [0.717, 1.165) is 25.9 Å². The fourth-order valence-corrected chi connectivity index (χ4v) is 4.38. The molecule has 1 aliphatic heterocycles. The van der Waals surface area contributed by atoms with Crippen LogP contribution in [0.1, 0.15) is 30.4 Å². The molecule has 35 heavy (non-hydrogen) atoms. The Kier molecular flexibility index (Phi) is 8.05. The van der Waals surface area contributed by atoms with Crippen LogP contribution in [0.3, 0.4) is 0 Å². The van der Waals surface area contributed by atoms with Crippen LogP contribution in [0.4, 0.5) is 21.6 Å². The Bertz CT molecular complexity index is 1200. The smallest absolute Gasteiger partial charge is 0.220 e. The molecule has 184 valence electrons. The van der Waals surface area contributed by atoms with E-state index in [4.69, 9.17) is 17.3 Å². The molecule has 0 bridgehead atoms. The van der Waals surface area contributed by atoms with Gasteiger partial charge in [0.1, 0.15) is 18.2 Å². The highest BCUT2D eigenvalue weighted by Gasteiger charge is 2.17. The Morgan fingerprint density at radius 2 is 1.94 bits per heavy atom. The highest BCUT2D eigenvalue weighted by Crippen LogP contribution is 2.33. The van der Waals surface area contributed by atoms with E-state index < -0.39 is 6.67 Å². The Morgan fingerprint density at radius 1 is 1.14 bits per heavy atom. The van der Waals surface area contributed by atoms with Gasteiger partial charge in [0.15, 0.2) is 0 Å². The molecule has 3 aromatic rings. The van der Waals surface area contributed by atoms with E-state index >= 15 is 0 Å². The predicted molar refractivity (Wildman–Crippen MR) is 137 cm³/mol. The van der Waals surface area contributed by atoms with Gasteiger partial charge in [-0.15, -0.1) is 0 Å². The number of aromatic hydroxyl groups is 1. The molecule has 9 heteroatoms. The van der Waals surface area contributed by atoms with Crippen LogP contribution in [0.15, 0.2) is 48.5 Å². The van der Waals surface area contributed by atoms with Gasteiger partial charge in [0, 0.05) is 46.1 Å². The number of phenols is 1. The van der Waals surface area contributed by atoms with E-state index in [0.29, 0.717) is 57.7 Å². The van der Waals surface area contributed by atoms with Crippen molar-refractivity contribution in [2.75, 3.05) is 24.1 Å². The lowest BCUT2D eigenvalue weighted by Crippen LogP contribution is -2.32. The van der Waals surface area contributed by atoms with Gasteiger partial charge in [-0.05, 0) is 74.3 Å². The summed E-state index contributed by atoms with van der Waals surface area (Å²) < 4.78 is 13.4. The second-order valence-electron chi connectivity index (χ2n) is 8.71. The van der Waals surface area contributed by atoms with Gasteiger partial charge in [-0.25, -0.2) is 9.37 Å². The standard InChI is InChI=1S/C26H29ClFN5O2/c27-19-2-5-22(18(12-19)14-28)32-20-3-6-24(34)21(13-20)23-4-1-17(26(29)33-23)15-31-25(35)11-16-7-9-30-10-8-16/h1-6,12-13,16,30,32,34H,7-11,14-15H2,(H2,29,33)(H,31,35). The number of halogens is 2. The number of aromatic nitrogens is 1.